The van der Waals surface area contributed by atoms with Crippen LogP contribution in [0, 0.1) is 11.7 Å². The van der Waals surface area contributed by atoms with Gasteiger partial charge >= 0.3 is 0 Å². The van der Waals surface area contributed by atoms with Crippen LogP contribution in [-0.4, -0.2) is 17.9 Å². The molecular formula is C17H17ClFN3O. The lowest BCUT2D eigenvalue weighted by Gasteiger charge is -2.11. The Labute approximate surface area is 139 Å². The number of benzene rings is 1. The molecule has 1 amide bonds. The highest BCUT2D eigenvalue weighted by Gasteiger charge is 2.29. The first-order valence-corrected chi connectivity index (χ1v) is 7.86. The molecule has 0 bridgehead atoms. The average molecular weight is 334 g/mol. The van der Waals surface area contributed by atoms with Crippen LogP contribution in [0.5, 0.6) is 0 Å². The van der Waals surface area contributed by atoms with Gasteiger partial charge in [-0.05, 0) is 43.1 Å². The summed E-state index contributed by atoms with van der Waals surface area (Å²) < 4.78 is 14.5. The lowest BCUT2D eigenvalue weighted by Crippen LogP contribution is -2.14. The third-order valence-corrected chi connectivity index (χ3v) is 4.21. The molecule has 2 aromatic rings. The number of nitrogens with one attached hydrogen (secondary N) is 2. The molecule has 120 valence electrons. The average Bonchev–Trinajstić information content (AvgIpc) is 3.37. The summed E-state index contributed by atoms with van der Waals surface area (Å²) in [7, 11) is 1.78. The zero-order chi connectivity index (χ0) is 16.4. The van der Waals surface area contributed by atoms with E-state index in [1.807, 2.05) is 0 Å². The molecule has 1 aliphatic carbocycles. The summed E-state index contributed by atoms with van der Waals surface area (Å²) >= 11 is 6.10. The van der Waals surface area contributed by atoms with Crippen molar-refractivity contribution in [2.45, 2.75) is 19.4 Å². The molecule has 0 spiro atoms. The van der Waals surface area contributed by atoms with Gasteiger partial charge in [0.1, 0.15) is 11.6 Å². The van der Waals surface area contributed by atoms with E-state index in [9.17, 15) is 9.18 Å². The van der Waals surface area contributed by atoms with Gasteiger partial charge < -0.3 is 10.6 Å². The standard InChI is InChI=1S/C17H17ClFN3O/c1-20-9-12-4-5-13(16(19)15(12)18)11-6-7-21-14(8-11)22-17(23)10-2-3-10/h4-8,10,20H,2-3,9H2,1H3,(H,21,22,23). The second-order valence-electron chi connectivity index (χ2n) is 5.62. The van der Waals surface area contributed by atoms with Crippen LogP contribution in [-0.2, 0) is 11.3 Å². The Hall–Kier alpha value is -1.98. The van der Waals surface area contributed by atoms with Gasteiger partial charge in [-0.15, -0.1) is 0 Å². The van der Waals surface area contributed by atoms with Crippen molar-refractivity contribution in [3.8, 4) is 11.1 Å². The van der Waals surface area contributed by atoms with Crippen LogP contribution < -0.4 is 10.6 Å². The minimum absolute atomic E-state index is 0.0301. The van der Waals surface area contributed by atoms with Crippen LogP contribution in [0.4, 0.5) is 10.2 Å². The summed E-state index contributed by atoms with van der Waals surface area (Å²) in [4.78, 5) is 15.9. The fourth-order valence-corrected chi connectivity index (χ4v) is 2.61. The first-order valence-electron chi connectivity index (χ1n) is 7.49. The van der Waals surface area contributed by atoms with Gasteiger partial charge in [-0.25, -0.2) is 9.37 Å². The van der Waals surface area contributed by atoms with Crippen LogP contribution in [0.2, 0.25) is 5.02 Å². The van der Waals surface area contributed by atoms with Crippen molar-refractivity contribution < 1.29 is 9.18 Å². The minimum atomic E-state index is -0.468. The summed E-state index contributed by atoms with van der Waals surface area (Å²) in [6.45, 7) is 0.495. The molecule has 2 N–H and O–H groups in total. The van der Waals surface area contributed by atoms with Crippen molar-refractivity contribution in [3.63, 3.8) is 0 Å². The lowest BCUT2D eigenvalue weighted by molar-refractivity contribution is -0.117. The van der Waals surface area contributed by atoms with Crippen molar-refractivity contribution in [2.75, 3.05) is 12.4 Å². The first-order chi connectivity index (χ1) is 11.1. The molecule has 6 heteroatoms. The SMILES string of the molecule is CNCc1ccc(-c2ccnc(NC(=O)C3CC3)c2)c(F)c1Cl. The van der Waals surface area contributed by atoms with Gasteiger partial charge in [-0.2, -0.15) is 0 Å². The van der Waals surface area contributed by atoms with Crippen LogP contribution in [0.3, 0.4) is 0 Å². The van der Waals surface area contributed by atoms with Crippen molar-refractivity contribution in [1.82, 2.24) is 10.3 Å². The minimum Gasteiger partial charge on any atom is -0.316 e. The number of hydrogen-bond donors (Lipinski definition) is 2. The Kier molecular flexibility index (Phi) is 4.59. The molecule has 3 rings (SSSR count). The highest BCUT2D eigenvalue weighted by molar-refractivity contribution is 6.31. The van der Waals surface area contributed by atoms with E-state index in [0.717, 1.165) is 12.8 Å². The first kappa shape index (κ1) is 15.9. The lowest BCUT2D eigenvalue weighted by atomic mass is 10.0. The number of rotatable bonds is 5. The smallest absolute Gasteiger partial charge is 0.228 e. The number of carbonyl (C=O) groups excluding carboxylic acids is 1. The number of anilines is 1. The van der Waals surface area contributed by atoms with E-state index in [4.69, 9.17) is 11.6 Å². The van der Waals surface area contributed by atoms with Gasteiger partial charge in [0, 0.05) is 24.2 Å². The molecule has 0 atom stereocenters. The van der Waals surface area contributed by atoms with Gasteiger partial charge in [0.25, 0.3) is 0 Å². The molecular weight excluding hydrogens is 317 g/mol. The largest absolute Gasteiger partial charge is 0.316 e. The Morgan fingerprint density at radius 2 is 2.17 bits per heavy atom. The molecule has 1 fully saturated rings. The predicted octanol–water partition coefficient (Wildman–Crippen LogP) is 3.61. The van der Waals surface area contributed by atoms with Gasteiger partial charge in [0.2, 0.25) is 5.91 Å². The van der Waals surface area contributed by atoms with Gasteiger partial charge in [0.15, 0.2) is 0 Å². The fourth-order valence-electron chi connectivity index (χ4n) is 2.38. The van der Waals surface area contributed by atoms with Gasteiger partial charge in [-0.3, -0.25) is 4.79 Å². The van der Waals surface area contributed by atoms with E-state index in [0.29, 0.717) is 29.1 Å². The molecule has 0 saturated heterocycles. The Balaban J connectivity index is 1.89. The molecule has 1 aliphatic rings. The number of halogens is 2. The number of amides is 1. The van der Waals surface area contributed by atoms with Crippen LogP contribution in [0.15, 0.2) is 30.5 Å². The molecule has 4 nitrogen and oxygen atoms in total. The van der Waals surface area contributed by atoms with Crippen molar-refractivity contribution in [3.05, 3.63) is 46.9 Å². The number of pyridine rings is 1. The Morgan fingerprint density at radius 3 is 2.87 bits per heavy atom. The molecule has 0 aliphatic heterocycles. The Morgan fingerprint density at radius 1 is 1.39 bits per heavy atom. The van der Waals surface area contributed by atoms with E-state index in [2.05, 4.69) is 15.6 Å². The van der Waals surface area contributed by atoms with E-state index in [-0.39, 0.29) is 16.8 Å². The summed E-state index contributed by atoms with van der Waals surface area (Å²) in [6.07, 6.45) is 3.39. The quantitative estimate of drug-likeness (QED) is 0.879. The number of carbonyl (C=O) groups is 1. The maximum absolute atomic E-state index is 14.5. The second-order valence-corrected chi connectivity index (χ2v) is 6.00. The third kappa shape index (κ3) is 3.51. The Bertz CT molecular complexity index is 747. The van der Waals surface area contributed by atoms with Gasteiger partial charge in [-0.1, -0.05) is 23.7 Å². The summed E-state index contributed by atoms with van der Waals surface area (Å²) in [5.41, 5.74) is 1.72. The fraction of sp³-hybridized carbons (Fsp3) is 0.294. The van der Waals surface area contributed by atoms with E-state index >= 15 is 0 Å². The molecule has 0 radical (unpaired) electrons. The zero-order valence-electron chi connectivity index (χ0n) is 12.7. The monoisotopic (exact) mass is 333 g/mol. The van der Waals surface area contributed by atoms with Gasteiger partial charge in [0.05, 0.1) is 5.02 Å². The van der Waals surface area contributed by atoms with Crippen molar-refractivity contribution >= 4 is 23.3 Å². The molecule has 1 aromatic heterocycles. The summed E-state index contributed by atoms with van der Waals surface area (Å²) in [6, 6.07) is 6.84. The normalized spacial score (nSPS) is 13.9. The maximum Gasteiger partial charge on any atom is 0.228 e. The van der Waals surface area contributed by atoms with Crippen molar-refractivity contribution in [1.29, 1.82) is 0 Å². The van der Waals surface area contributed by atoms with Crippen molar-refractivity contribution in [2.24, 2.45) is 5.92 Å². The van der Waals surface area contributed by atoms with E-state index in [1.54, 1.807) is 37.5 Å². The van der Waals surface area contributed by atoms with E-state index in [1.165, 1.54) is 0 Å². The number of hydrogen-bond acceptors (Lipinski definition) is 3. The molecule has 1 saturated carbocycles. The molecule has 1 aromatic carbocycles. The summed E-state index contributed by atoms with van der Waals surface area (Å²) in [5.74, 6) is 0.0179. The third-order valence-electron chi connectivity index (χ3n) is 3.80. The van der Waals surface area contributed by atoms with Crippen LogP contribution in [0.1, 0.15) is 18.4 Å². The van der Waals surface area contributed by atoms with E-state index < -0.39 is 5.82 Å². The molecule has 0 unspecified atom stereocenters. The van der Waals surface area contributed by atoms with Crippen LogP contribution >= 0.6 is 11.6 Å². The topological polar surface area (TPSA) is 54.0 Å². The number of nitrogens with zero attached hydrogens (tertiary/aromatic N) is 1. The molecule has 23 heavy (non-hydrogen) atoms. The number of aromatic nitrogens is 1. The highest BCUT2D eigenvalue weighted by atomic mass is 35.5. The zero-order valence-corrected chi connectivity index (χ0v) is 13.5. The highest BCUT2D eigenvalue weighted by Crippen LogP contribution is 2.32. The predicted molar refractivity (Wildman–Crippen MR) is 88.8 cm³/mol. The maximum atomic E-state index is 14.5. The summed E-state index contributed by atoms with van der Waals surface area (Å²) in [5, 5.41) is 5.82. The second kappa shape index (κ2) is 6.64. The molecule has 1 heterocycles. The van der Waals surface area contributed by atoms with Crippen LogP contribution in [0.25, 0.3) is 11.1 Å².